The molecule has 0 spiro atoms. The lowest BCUT2D eigenvalue weighted by atomic mass is 10.2. The fraction of sp³-hybridized carbons (Fsp3) is 0.0769. The van der Waals surface area contributed by atoms with Crippen LogP contribution in [0.1, 0.15) is 5.56 Å². The van der Waals surface area contributed by atoms with Crippen molar-refractivity contribution in [3.63, 3.8) is 0 Å². The van der Waals surface area contributed by atoms with E-state index in [0.717, 1.165) is 22.6 Å². The number of ether oxygens (including phenoxy) is 1. The summed E-state index contributed by atoms with van der Waals surface area (Å²) in [6, 6.07) is 27.3. The van der Waals surface area contributed by atoms with E-state index in [1.807, 2.05) is 95.6 Å². The topological polar surface area (TPSA) is 81.4 Å². The van der Waals surface area contributed by atoms with Crippen molar-refractivity contribution in [1.29, 1.82) is 0 Å². The van der Waals surface area contributed by atoms with Gasteiger partial charge in [0.2, 0.25) is 0 Å². The fourth-order valence-electron chi connectivity index (χ4n) is 3.13. The van der Waals surface area contributed by atoms with Crippen molar-refractivity contribution in [2.75, 3.05) is 12.9 Å². The molecule has 7 nitrogen and oxygen atoms in total. The van der Waals surface area contributed by atoms with Crippen molar-refractivity contribution >= 4 is 30.0 Å². The average molecular weight is 470 g/mol. The van der Waals surface area contributed by atoms with Crippen molar-refractivity contribution in [2.24, 2.45) is 5.10 Å². The van der Waals surface area contributed by atoms with Gasteiger partial charge in [0, 0.05) is 17.5 Å². The number of thioether (sulfide) groups is 1. The molecule has 8 heteroatoms. The summed E-state index contributed by atoms with van der Waals surface area (Å²) in [5, 5.41) is 13.3. The Labute approximate surface area is 202 Å². The molecule has 170 valence electrons. The molecule has 0 bridgehead atoms. The highest BCUT2D eigenvalue weighted by atomic mass is 32.2. The van der Waals surface area contributed by atoms with Crippen LogP contribution in [-0.4, -0.2) is 39.7 Å². The summed E-state index contributed by atoms with van der Waals surface area (Å²) in [4.78, 5) is 12.3. The second kappa shape index (κ2) is 11.6. The van der Waals surface area contributed by atoms with E-state index in [1.165, 1.54) is 11.8 Å². The first-order chi connectivity index (χ1) is 16.7. The van der Waals surface area contributed by atoms with Gasteiger partial charge in [-0.15, -0.1) is 10.2 Å². The number of amides is 1. The highest BCUT2D eigenvalue weighted by Gasteiger charge is 2.17. The lowest BCUT2D eigenvalue weighted by Gasteiger charge is -2.11. The summed E-state index contributed by atoms with van der Waals surface area (Å²) < 4.78 is 7.20. The first kappa shape index (κ1) is 23.0. The smallest absolute Gasteiger partial charge is 0.250 e. The minimum absolute atomic E-state index is 0.142. The lowest BCUT2D eigenvalue weighted by Crippen LogP contribution is -2.19. The second-order valence-electron chi connectivity index (χ2n) is 7.08. The molecule has 0 saturated carbocycles. The molecule has 1 amide bonds. The Balaban J connectivity index is 1.45. The highest BCUT2D eigenvalue weighted by Crippen LogP contribution is 2.28. The van der Waals surface area contributed by atoms with Gasteiger partial charge in [-0.25, -0.2) is 5.43 Å². The number of benzene rings is 3. The third kappa shape index (κ3) is 5.99. The van der Waals surface area contributed by atoms with Crippen LogP contribution in [0.4, 0.5) is 0 Å². The molecule has 1 heterocycles. The molecule has 4 rings (SSSR count). The molecule has 0 aliphatic rings. The van der Waals surface area contributed by atoms with Gasteiger partial charge < -0.3 is 4.74 Å². The monoisotopic (exact) mass is 469 g/mol. The number of nitrogens with one attached hydrogen (secondary N) is 1. The van der Waals surface area contributed by atoms with Crippen LogP contribution in [0.15, 0.2) is 101 Å². The first-order valence-corrected chi connectivity index (χ1v) is 11.5. The van der Waals surface area contributed by atoms with Gasteiger partial charge in [-0.2, -0.15) is 5.10 Å². The van der Waals surface area contributed by atoms with Crippen LogP contribution >= 0.6 is 11.8 Å². The minimum atomic E-state index is -0.236. The maximum Gasteiger partial charge on any atom is 0.250 e. The van der Waals surface area contributed by atoms with E-state index in [1.54, 1.807) is 19.4 Å². The summed E-state index contributed by atoms with van der Waals surface area (Å²) in [6.45, 7) is 0. The quantitative estimate of drug-likeness (QED) is 0.215. The summed E-state index contributed by atoms with van der Waals surface area (Å²) in [6.07, 6.45) is 5.23. The van der Waals surface area contributed by atoms with Gasteiger partial charge in [0.15, 0.2) is 11.0 Å². The number of nitrogens with zero attached hydrogens (tertiary/aromatic N) is 4. The standard InChI is InChI=1S/C26H23N5O2S/c1-33-23-16-14-22(15-17-23)31-25(21-12-6-3-7-13-21)29-30-26(31)34-19-24(32)28-27-18-8-11-20-9-4-2-5-10-20/h2-18H,19H2,1H3,(H,28,32)/b11-8+,27-18-. The van der Waals surface area contributed by atoms with E-state index in [0.29, 0.717) is 11.0 Å². The van der Waals surface area contributed by atoms with Gasteiger partial charge in [0.25, 0.3) is 5.91 Å². The third-order valence-corrected chi connectivity index (χ3v) is 5.70. The number of allylic oxidation sites excluding steroid dienone is 1. The lowest BCUT2D eigenvalue weighted by molar-refractivity contribution is -0.118. The van der Waals surface area contributed by atoms with Gasteiger partial charge >= 0.3 is 0 Å². The van der Waals surface area contributed by atoms with E-state index in [4.69, 9.17) is 4.74 Å². The summed E-state index contributed by atoms with van der Waals surface area (Å²) >= 11 is 1.29. The molecule has 1 aromatic heterocycles. The van der Waals surface area contributed by atoms with Crippen molar-refractivity contribution in [3.05, 3.63) is 96.6 Å². The van der Waals surface area contributed by atoms with Crippen LogP contribution in [0, 0.1) is 0 Å². The molecule has 0 fully saturated rings. The number of hydrogen-bond acceptors (Lipinski definition) is 6. The summed E-state index contributed by atoms with van der Waals surface area (Å²) in [7, 11) is 1.63. The zero-order valence-corrected chi connectivity index (χ0v) is 19.4. The predicted octanol–water partition coefficient (Wildman–Crippen LogP) is 4.85. The maximum atomic E-state index is 12.3. The Morgan fingerprint density at radius 1 is 1.00 bits per heavy atom. The Morgan fingerprint density at radius 2 is 1.71 bits per heavy atom. The Kier molecular flexibility index (Phi) is 7.86. The van der Waals surface area contributed by atoms with Crippen LogP contribution in [0.5, 0.6) is 5.75 Å². The van der Waals surface area contributed by atoms with E-state index in [-0.39, 0.29) is 11.7 Å². The molecule has 0 aliphatic carbocycles. The van der Waals surface area contributed by atoms with Crippen LogP contribution in [0.2, 0.25) is 0 Å². The minimum Gasteiger partial charge on any atom is -0.497 e. The average Bonchev–Trinajstić information content (AvgIpc) is 3.32. The molecule has 0 saturated heterocycles. The Hall–Kier alpha value is -4.17. The Bertz CT molecular complexity index is 1270. The number of methoxy groups -OCH3 is 1. The number of hydrogen-bond donors (Lipinski definition) is 1. The number of hydrazone groups is 1. The molecule has 0 atom stereocenters. The number of carbonyl (C=O) groups excluding carboxylic acids is 1. The largest absolute Gasteiger partial charge is 0.497 e. The van der Waals surface area contributed by atoms with Crippen LogP contribution < -0.4 is 10.2 Å². The molecule has 1 N–H and O–H groups in total. The number of carbonyl (C=O) groups is 1. The first-order valence-electron chi connectivity index (χ1n) is 10.6. The maximum absolute atomic E-state index is 12.3. The van der Waals surface area contributed by atoms with Crippen molar-refractivity contribution in [2.45, 2.75) is 5.16 Å². The zero-order chi connectivity index (χ0) is 23.6. The van der Waals surface area contributed by atoms with Gasteiger partial charge in [0.1, 0.15) is 5.75 Å². The molecular formula is C26H23N5O2S. The van der Waals surface area contributed by atoms with Gasteiger partial charge in [-0.3, -0.25) is 9.36 Å². The molecule has 3 aromatic carbocycles. The zero-order valence-electron chi connectivity index (χ0n) is 18.5. The molecule has 0 radical (unpaired) electrons. The van der Waals surface area contributed by atoms with E-state index >= 15 is 0 Å². The van der Waals surface area contributed by atoms with E-state index < -0.39 is 0 Å². The SMILES string of the molecule is COc1ccc(-n2c(SCC(=O)N/N=C\C=C\c3ccccc3)nnc2-c2ccccc2)cc1. The normalized spacial score (nSPS) is 11.2. The fourth-order valence-corrected chi connectivity index (χ4v) is 3.88. The van der Waals surface area contributed by atoms with Gasteiger partial charge in [-0.1, -0.05) is 78.5 Å². The third-order valence-electron chi connectivity index (χ3n) is 4.77. The number of rotatable bonds is 9. The Morgan fingerprint density at radius 3 is 2.41 bits per heavy atom. The molecule has 0 aliphatic heterocycles. The molecule has 34 heavy (non-hydrogen) atoms. The predicted molar refractivity (Wildman–Crippen MR) is 136 cm³/mol. The van der Waals surface area contributed by atoms with Crippen molar-refractivity contribution in [3.8, 4) is 22.8 Å². The van der Waals surface area contributed by atoms with Gasteiger partial charge in [-0.05, 0) is 35.9 Å². The van der Waals surface area contributed by atoms with Crippen LogP contribution in [0.25, 0.3) is 23.2 Å². The number of aromatic nitrogens is 3. The van der Waals surface area contributed by atoms with Crippen molar-refractivity contribution in [1.82, 2.24) is 20.2 Å². The molecule has 4 aromatic rings. The van der Waals surface area contributed by atoms with Crippen molar-refractivity contribution < 1.29 is 9.53 Å². The van der Waals surface area contributed by atoms with E-state index in [9.17, 15) is 4.79 Å². The molecular weight excluding hydrogens is 446 g/mol. The second-order valence-corrected chi connectivity index (χ2v) is 8.02. The van der Waals surface area contributed by atoms with Gasteiger partial charge in [0.05, 0.1) is 12.9 Å². The highest BCUT2D eigenvalue weighted by molar-refractivity contribution is 7.99. The van der Waals surface area contributed by atoms with E-state index in [2.05, 4.69) is 20.7 Å². The summed E-state index contributed by atoms with van der Waals surface area (Å²) in [5.41, 5.74) is 5.39. The van der Waals surface area contributed by atoms with Crippen LogP contribution in [-0.2, 0) is 4.79 Å². The molecule has 0 unspecified atom stereocenters. The van der Waals surface area contributed by atoms with Crippen LogP contribution in [0.3, 0.4) is 0 Å². The summed E-state index contributed by atoms with van der Waals surface area (Å²) in [5.74, 6) is 1.35.